The molecule has 23 heavy (non-hydrogen) atoms. The van der Waals surface area contributed by atoms with Gasteiger partial charge in [0.05, 0.1) is 5.69 Å². The van der Waals surface area contributed by atoms with E-state index in [2.05, 4.69) is 0 Å². The van der Waals surface area contributed by atoms with E-state index >= 15 is 0 Å². The second kappa shape index (κ2) is 6.77. The molecule has 1 heterocycles. The van der Waals surface area contributed by atoms with Gasteiger partial charge in [-0.1, -0.05) is 0 Å². The van der Waals surface area contributed by atoms with Gasteiger partial charge in [0.2, 0.25) is 0 Å². The number of hydrogen-bond acceptors (Lipinski definition) is 3. The Labute approximate surface area is 133 Å². The fourth-order valence-electron chi connectivity index (χ4n) is 2.81. The molecule has 0 spiro atoms. The van der Waals surface area contributed by atoms with Crippen molar-refractivity contribution in [3.8, 4) is 5.75 Å². The van der Waals surface area contributed by atoms with Gasteiger partial charge < -0.3 is 9.64 Å². The smallest absolute Gasteiger partial charge is 0.152 e. The lowest BCUT2D eigenvalue weighted by Crippen LogP contribution is -2.38. The Hall–Kier alpha value is -2.43. The molecule has 2 aromatic rings. The van der Waals surface area contributed by atoms with Crippen molar-refractivity contribution >= 4 is 12.0 Å². The maximum atomic E-state index is 13.4. The van der Waals surface area contributed by atoms with Crippen LogP contribution < -0.4 is 9.64 Å². The summed E-state index contributed by atoms with van der Waals surface area (Å²) in [5.74, 6) is -0.000798. The van der Waals surface area contributed by atoms with Gasteiger partial charge in [-0.25, -0.2) is 8.78 Å². The number of halogens is 2. The van der Waals surface area contributed by atoms with Gasteiger partial charge >= 0.3 is 0 Å². The Morgan fingerprint density at radius 1 is 1.00 bits per heavy atom. The van der Waals surface area contributed by atoms with Crippen molar-refractivity contribution in [2.75, 3.05) is 18.0 Å². The molecular weight excluding hydrogens is 300 g/mol. The maximum absolute atomic E-state index is 13.4. The highest BCUT2D eigenvalue weighted by Crippen LogP contribution is 2.26. The molecule has 0 aliphatic carbocycles. The second-order valence-electron chi connectivity index (χ2n) is 5.58. The molecule has 3 rings (SSSR count). The molecule has 0 aromatic heterocycles. The summed E-state index contributed by atoms with van der Waals surface area (Å²) in [5.41, 5.74) is 1.12. The van der Waals surface area contributed by atoms with E-state index in [1.807, 2.05) is 4.90 Å². The first-order valence-electron chi connectivity index (χ1n) is 7.57. The van der Waals surface area contributed by atoms with Crippen LogP contribution >= 0.6 is 0 Å². The summed E-state index contributed by atoms with van der Waals surface area (Å²) in [5, 5.41) is 0. The van der Waals surface area contributed by atoms with Crippen LogP contribution in [0.1, 0.15) is 23.2 Å². The van der Waals surface area contributed by atoms with Gasteiger partial charge in [-0.15, -0.1) is 0 Å². The molecule has 0 atom stereocenters. The summed E-state index contributed by atoms with van der Waals surface area (Å²) in [6, 6.07) is 10.1. The van der Waals surface area contributed by atoms with Gasteiger partial charge in [0, 0.05) is 31.5 Å². The number of benzene rings is 2. The lowest BCUT2D eigenvalue weighted by molar-refractivity contribution is 0.112. The molecule has 120 valence electrons. The van der Waals surface area contributed by atoms with Crippen LogP contribution in [0.25, 0.3) is 0 Å². The van der Waals surface area contributed by atoms with Gasteiger partial charge in [-0.2, -0.15) is 0 Å². The number of carbonyl (C=O) groups is 1. The van der Waals surface area contributed by atoms with Gasteiger partial charge in [0.1, 0.15) is 23.5 Å². The lowest BCUT2D eigenvalue weighted by Gasteiger charge is -2.34. The Balaban J connectivity index is 1.63. The molecule has 0 unspecified atom stereocenters. The Kier molecular flexibility index (Phi) is 4.55. The van der Waals surface area contributed by atoms with Crippen molar-refractivity contribution in [2.24, 2.45) is 0 Å². The zero-order chi connectivity index (χ0) is 16.2. The van der Waals surface area contributed by atoms with Gasteiger partial charge in [-0.05, 0) is 42.5 Å². The molecule has 0 saturated carbocycles. The summed E-state index contributed by atoms with van der Waals surface area (Å²) >= 11 is 0. The maximum Gasteiger partial charge on any atom is 0.152 e. The zero-order valence-electron chi connectivity index (χ0n) is 12.5. The highest BCUT2D eigenvalue weighted by Gasteiger charge is 2.22. The molecule has 1 aliphatic rings. The summed E-state index contributed by atoms with van der Waals surface area (Å²) in [6.45, 7) is 1.35. The molecule has 0 bridgehead atoms. The third-order valence-corrected chi connectivity index (χ3v) is 4.02. The van der Waals surface area contributed by atoms with Crippen LogP contribution in [0.15, 0.2) is 42.5 Å². The van der Waals surface area contributed by atoms with E-state index in [0.29, 0.717) is 30.1 Å². The minimum Gasteiger partial charge on any atom is -0.490 e. The van der Waals surface area contributed by atoms with Crippen molar-refractivity contribution in [1.82, 2.24) is 0 Å². The van der Waals surface area contributed by atoms with Crippen LogP contribution in [0.4, 0.5) is 14.5 Å². The van der Waals surface area contributed by atoms with Crippen molar-refractivity contribution in [2.45, 2.75) is 18.9 Å². The molecule has 5 heteroatoms. The molecular formula is C18H17F2NO2. The van der Waals surface area contributed by atoms with Gasteiger partial charge in [0.25, 0.3) is 0 Å². The third kappa shape index (κ3) is 3.67. The number of aldehydes is 1. The average Bonchev–Trinajstić information content (AvgIpc) is 2.58. The number of anilines is 1. The normalized spacial score (nSPS) is 15.5. The zero-order valence-corrected chi connectivity index (χ0v) is 12.5. The van der Waals surface area contributed by atoms with E-state index in [-0.39, 0.29) is 17.7 Å². The molecule has 2 aromatic carbocycles. The van der Waals surface area contributed by atoms with E-state index in [1.165, 1.54) is 30.3 Å². The van der Waals surface area contributed by atoms with Crippen molar-refractivity contribution in [3.05, 3.63) is 59.7 Å². The van der Waals surface area contributed by atoms with Crippen LogP contribution in [-0.4, -0.2) is 25.5 Å². The number of hydrogen-bond donors (Lipinski definition) is 0. The first kappa shape index (κ1) is 15.5. The lowest BCUT2D eigenvalue weighted by atomic mass is 10.0. The minimum absolute atomic E-state index is 0.0324. The van der Waals surface area contributed by atoms with Crippen LogP contribution in [0, 0.1) is 11.6 Å². The van der Waals surface area contributed by atoms with Gasteiger partial charge in [0.15, 0.2) is 6.29 Å². The molecule has 1 aliphatic heterocycles. The van der Waals surface area contributed by atoms with Crippen LogP contribution in [0.3, 0.4) is 0 Å². The fraction of sp³-hybridized carbons (Fsp3) is 0.278. The largest absolute Gasteiger partial charge is 0.490 e. The Bertz CT molecular complexity index is 680. The molecule has 1 saturated heterocycles. The van der Waals surface area contributed by atoms with Crippen molar-refractivity contribution in [1.29, 1.82) is 0 Å². The highest BCUT2D eigenvalue weighted by atomic mass is 19.1. The minimum atomic E-state index is -0.352. The van der Waals surface area contributed by atoms with E-state index < -0.39 is 0 Å². The Morgan fingerprint density at radius 3 is 2.30 bits per heavy atom. The first-order valence-corrected chi connectivity index (χ1v) is 7.57. The quantitative estimate of drug-likeness (QED) is 0.803. The summed E-state index contributed by atoms with van der Waals surface area (Å²) < 4.78 is 32.2. The van der Waals surface area contributed by atoms with E-state index in [9.17, 15) is 13.6 Å². The van der Waals surface area contributed by atoms with Crippen LogP contribution in [0.5, 0.6) is 5.75 Å². The van der Waals surface area contributed by atoms with Crippen LogP contribution in [-0.2, 0) is 0 Å². The molecule has 0 radical (unpaired) electrons. The second-order valence-corrected chi connectivity index (χ2v) is 5.58. The molecule has 0 amide bonds. The predicted octanol–water partition coefficient (Wildman–Crippen LogP) is 3.83. The predicted molar refractivity (Wildman–Crippen MR) is 84.1 cm³/mol. The topological polar surface area (TPSA) is 29.5 Å². The molecule has 1 fully saturated rings. The fourth-order valence-corrected chi connectivity index (χ4v) is 2.81. The Morgan fingerprint density at radius 2 is 1.65 bits per heavy atom. The molecule has 3 nitrogen and oxygen atoms in total. The van der Waals surface area contributed by atoms with E-state index in [4.69, 9.17) is 4.74 Å². The first-order chi connectivity index (χ1) is 11.2. The summed E-state index contributed by atoms with van der Waals surface area (Å²) in [4.78, 5) is 13.1. The summed E-state index contributed by atoms with van der Waals surface area (Å²) in [6.07, 6.45) is 2.29. The number of piperidine rings is 1. The monoisotopic (exact) mass is 317 g/mol. The third-order valence-electron chi connectivity index (χ3n) is 4.02. The van der Waals surface area contributed by atoms with E-state index in [1.54, 1.807) is 12.1 Å². The standard InChI is InChI=1S/C18H17F2NO2/c19-14-3-5-16(6-4-14)23-17-7-9-21(10-8-17)18-11-15(20)2-1-13(18)12-22/h1-6,11-12,17H,7-10H2. The molecule has 0 N–H and O–H groups in total. The van der Waals surface area contributed by atoms with Crippen molar-refractivity contribution in [3.63, 3.8) is 0 Å². The summed E-state index contributed by atoms with van der Waals surface area (Å²) in [7, 11) is 0. The number of carbonyl (C=O) groups excluding carboxylic acids is 1. The average molecular weight is 317 g/mol. The highest BCUT2D eigenvalue weighted by molar-refractivity contribution is 5.84. The number of ether oxygens (including phenoxy) is 1. The number of rotatable bonds is 4. The van der Waals surface area contributed by atoms with Crippen LogP contribution in [0.2, 0.25) is 0 Å². The van der Waals surface area contributed by atoms with Crippen molar-refractivity contribution < 1.29 is 18.3 Å². The van der Waals surface area contributed by atoms with E-state index in [0.717, 1.165) is 19.1 Å². The SMILES string of the molecule is O=Cc1ccc(F)cc1N1CCC(Oc2ccc(F)cc2)CC1. The number of nitrogens with zero attached hydrogens (tertiary/aromatic N) is 1. The van der Waals surface area contributed by atoms with Gasteiger partial charge in [-0.3, -0.25) is 4.79 Å².